The maximum atomic E-state index is 12.1. The highest BCUT2D eigenvalue weighted by atomic mass is 32.2. The third kappa shape index (κ3) is 3.45. The Morgan fingerprint density at radius 3 is 2.80 bits per heavy atom. The van der Waals surface area contributed by atoms with Crippen LogP contribution in [-0.4, -0.2) is 29.6 Å². The summed E-state index contributed by atoms with van der Waals surface area (Å²) < 4.78 is 28.3. The van der Waals surface area contributed by atoms with Gasteiger partial charge in [0, 0.05) is 37.3 Å². The van der Waals surface area contributed by atoms with E-state index in [0.29, 0.717) is 18.7 Å². The molecular formula is C12H17N3O3S2. The average Bonchev–Trinajstić information content (AvgIpc) is 2.95. The molecule has 2 heterocycles. The fourth-order valence-corrected chi connectivity index (χ4v) is 3.57. The first-order chi connectivity index (χ1) is 9.42. The first-order valence-electron chi connectivity index (χ1n) is 6.09. The van der Waals surface area contributed by atoms with E-state index in [9.17, 15) is 8.42 Å². The summed E-state index contributed by atoms with van der Waals surface area (Å²) in [7, 11) is -1.84. The van der Waals surface area contributed by atoms with E-state index in [2.05, 4.69) is 9.71 Å². The summed E-state index contributed by atoms with van der Waals surface area (Å²) in [6.07, 6.45) is 2.05. The summed E-state index contributed by atoms with van der Waals surface area (Å²) in [4.78, 5) is 4.45. The smallest absolute Gasteiger partial charge is 0.242 e. The van der Waals surface area contributed by atoms with Crippen LogP contribution in [0.3, 0.4) is 0 Å². The number of aliphatic hydroxyl groups excluding tert-OH is 1. The van der Waals surface area contributed by atoms with Crippen molar-refractivity contribution in [1.29, 1.82) is 0 Å². The number of nitrogens with one attached hydrogen (secondary N) is 1. The van der Waals surface area contributed by atoms with Gasteiger partial charge in [0.15, 0.2) is 0 Å². The number of aromatic nitrogens is 2. The van der Waals surface area contributed by atoms with Gasteiger partial charge in [-0.3, -0.25) is 0 Å². The van der Waals surface area contributed by atoms with Crippen molar-refractivity contribution in [2.45, 2.75) is 24.8 Å². The number of nitrogens with zero attached hydrogens (tertiary/aromatic N) is 2. The molecule has 0 aliphatic carbocycles. The zero-order valence-corrected chi connectivity index (χ0v) is 13.0. The number of aryl methyl sites for hydroxylation is 2. The normalized spacial score (nSPS) is 11.9. The predicted molar refractivity (Wildman–Crippen MR) is 77.1 cm³/mol. The molecule has 2 rings (SSSR count). The SMILES string of the molecule is Cc1nc(CCNS(=O)(=O)c2cc(CO)n(C)c2)cs1. The van der Waals surface area contributed by atoms with E-state index in [0.717, 1.165) is 10.7 Å². The zero-order valence-electron chi connectivity index (χ0n) is 11.3. The van der Waals surface area contributed by atoms with Crippen molar-refractivity contribution in [3.8, 4) is 0 Å². The lowest BCUT2D eigenvalue weighted by molar-refractivity contribution is 0.272. The Morgan fingerprint density at radius 2 is 2.25 bits per heavy atom. The minimum absolute atomic E-state index is 0.165. The number of sulfonamides is 1. The van der Waals surface area contributed by atoms with Crippen LogP contribution in [0, 0.1) is 6.92 Å². The van der Waals surface area contributed by atoms with Crippen LogP contribution in [0.25, 0.3) is 0 Å². The molecule has 0 amide bonds. The highest BCUT2D eigenvalue weighted by molar-refractivity contribution is 7.89. The molecule has 2 N–H and O–H groups in total. The lowest BCUT2D eigenvalue weighted by Crippen LogP contribution is -2.25. The van der Waals surface area contributed by atoms with E-state index in [1.54, 1.807) is 23.0 Å². The molecule has 110 valence electrons. The fraction of sp³-hybridized carbons (Fsp3) is 0.417. The molecule has 20 heavy (non-hydrogen) atoms. The molecule has 8 heteroatoms. The van der Waals surface area contributed by atoms with Crippen molar-refractivity contribution < 1.29 is 13.5 Å². The molecule has 0 saturated carbocycles. The minimum atomic E-state index is -3.54. The summed E-state index contributed by atoms with van der Waals surface area (Å²) >= 11 is 1.55. The molecule has 0 aliphatic rings. The van der Waals surface area contributed by atoms with Gasteiger partial charge in [0.05, 0.1) is 22.2 Å². The summed E-state index contributed by atoms with van der Waals surface area (Å²) in [5.41, 5.74) is 1.44. The highest BCUT2D eigenvalue weighted by Crippen LogP contribution is 2.13. The van der Waals surface area contributed by atoms with Gasteiger partial charge >= 0.3 is 0 Å². The molecule has 0 aliphatic heterocycles. The molecule has 0 unspecified atom stereocenters. The van der Waals surface area contributed by atoms with Gasteiger partial charge in [0.2, 0.25) is 10.0 Å². The van der Waals surface area contributed by atoms with Crippen LogP contribution in [0.15, 0.2) is 22.5 Å². The van der Waals surface area contributed by atoms with Crippen molar-refractivity contribution in [1.82, 2.24) is 14.3 Å². The van der Waals surface area contributed by atoms with Crippen molar-refractivity contribution in [2.24, 2.45) is 7.05 Å². The Morgan fingerprint density at radius 1 is 1.50 bits per heavy atom. The second-order valence-corrected chi connectivity index (χ2v) is 7.27. The van der Waals surface area contributed by atoms with E-state index >= 15 is 0 Å². The highest BCUT2D eigenvalue weighted by Gasteiger charge is 2.16. The Labute approximate surface area is 122 Å². The van der Waals surface area contributed by atoms with Crippen LogP contribution in [-0.2, 0) is 30.1 Å². The molecule has 0 saturated heterocycles. The van der Waals surface area contributed by atoms with Gasteiger partial charge in [-0.25, -0.2) is 18.1 Å². The van der Waals surface area contributed by atoms with Gasteiger partial charge in [-0.1, -0.05) is 0 Å². The van der Waals surface area contributed by atoms with Crippen LogP contribution in [0.1, 0.15) is 16.4 Å². The number of rotatable bonds is 6. The molecule has 2 aromatic rings. The lowest BCUT2D eigenvalue weighted by Gasteiger charge is -2.03. The number of hydrogen-bond donors (Lipinski definition) is 2. The van der Waals surface area contributed by atoms with Crippen LogP contribution >= 0.6 is 11.3 Å². The molecule has 0 atom stereocenters. The zero-order chi connectivity index (χ0) is 14.8. The molecule has 0 bridgehead atoms. The Hall–Kier alpha value is -1.22. The van der Waals surface area contributed by atoms with Crippen molar-refractivity contribution >= 4 is 21.4 Å². The number of hydrogen-bond acceptors (Lipinski definition) is 5. The van der Waals surface area contributed by atoms with E-state index in [-0.39, 0.29) is 11.5 Å². The quantitative estimate of drug-likeness (QED) is 0.826. The fourth-order valence-electron chi connectivity index (χ4n) is 1.80. The van der Waals surface area contributed by atoms with Crippen LogP contribution < -0.4 is 4.72 Å². The van der Waals surface area contributed by atoms with Crippen LogP contribution in [0.2, 0.25) is 0 Å². The van der Waals surface area contributed by atoms with Crippen molar-refractivity contribution in [2.75, 3.05) is 6.54 Å². The van der Waals surface area contributed by atoms with Gasteiger partial charge in [-0.15, -0.1) is 11.3 Å². The maximum Gasteiger partial charge on any atom is 0.242 e. The summed E-state index contributed by atoms with van der Waals surface area (Å²) in [5, 5.41) is 12.0. The van der Waals surface area contributed by atoms with Crippen molar-refractivity contribution in [3.63, 3.8) is 0 Å². The van der Waals surface area contributed by atoms with Crippen LogP contribution in [0.5, 0.6) is 0 Å². The summed E-state index contributed by atoms with van der Waals surface area (Å²) in [6.45, 7) is 2.03. The van der Waals surface area contributed by atoms with Gasteiger partial charge in [-0.2, -0.15) is 0 Å². The molecule has 0 radical (unpaired) electrons. The molecular weight excluding hydrogens is 298 g/mol. The van der Waals surface area contributed by atoms with Crippen LogP contribution in [0.4, 0.5) is 0 Å². The molecule has 2 aromatic heterocycles. The molecule has 0 spiro atoms. The molecule has 0 fully saturated rings. The number of thiazole rings is 1. The number of aliphatic hydroxyl groups is 1. The van der Waals surface area contributed by atoms with E-state index in [1.807, 2.05) is 12.3 Å². The maximum absolute atomic E-state index is 12.1. The Kier molecular flexibility index (Phi) is 4.59. The second kappa shape index (κ2) is 6.04. The van der Waals surface area contributed by atoms with Crippen molar-refractivity contribution in [3.05, 3.63) is 34.0 Å². The standard InChI is InChI=1S/C12H17N3O3S2/c1-9-14-10(8-19-9)3-4-13-20(17,18)12-5-11(7-16)15(2)6-12/h5-6,8,13,16H,3-4,7H2,1-2H3. The monoisotopic (exact) mass is 315 g/mol. The predicted octanol–water partition coefficient (Wildman–Crippen LogP) is 0.803. The minimum Gasteiger partial charge on any atom is -0.390 e. The molecule has 0 aromatic carbocycles. The second-order valence-electron chi connectivity index (χ2n) is 4.44. The third-order valence-corrected chi connectivity index (χ3v) is 5.15. The third-order valence-electron chi connectivity index (χ3n) is 2.89. The van der Waals surface area contributed by atoms with E-state index < -0.39 is 10.0 Å². The topological polar surface area (TPSA) is 84.2 Å². The van der Waals surface area contributed by atoms with Gasteiger partial charge in [0.1, 0.15) is 0 Å². The lowest BCUT2D eigenvalue weighted by atomic mass is 10.3. The van der Waals surface area contributed by atoms with Gasteiger partial charge < -0.3 is 9.67 Å². The summed E-state index contributed by atoms with van der Waals surface area (Å²) in [6, 6.07) is 1.47. The van der Waals surface area contributed by atoms with Gasteiger partial charge in [-0.05, 0) is 13.0 Å². The van der Waals surface area contributed by atoms with E-state index in [1.165, 1.54) is 12.3 Å². The largest absolute Gasteiger partial charge is 0.390 e. The first kappa shape index (κ1) is 15.2. The molecule has 6 nitrogen and oxygen atoms in total. The Balaban J connectivity index is 2.00. The Bertz CT molecular complexity index is 689. The van der Waals surface area contributed by atoms with E-state index in [4.69, 9.17) is 5.11 Å². The summed E-state index contributed by atoms with van der Waals surface area (Å²) in [5.74, 6) is 0. The van der Waals surface area contributed by atoms with Gasteiger partial charge in [0.25, 0.3) is 0 Å². The average molecular weight is 315 g/mol. The first-order valence-corrected chi connectivity index (χ1v) is 8.45.